The topological polar surface area (TPSA) is 38.5 Å². The van der Waals surface area contributed by atoms with Crippen LogP contribution in [0.3, 0.4) is 0 Å². The maximum absolute atomic E-state index is 6.05. The highest BCUT2D eigenvalue weighted by molar-refractivity contribution is 5.71. The van der Waals surface area contributed by atoms with Crippen molar-refractivity contribution >= 4 is 17.1 Å². The number of nitrogens with zero attached hydrogens (tertiary/aromatic N) is 1. The van der Waals surface area contributed by atoms with Gasteiger partial charge < -0.3 is 15.4 Å². The van der Waals surface area contributed by atoms with Gasteiger partial charge in [-0.3, -0.25) is 0 Å². The fourth-order valence-corrected chi connectivity index (χ4v) is 2.87. The summed E-state index contributed by atoms with van der Waals surface area (Å²) in [6.45, 7) is 3.85. The molecule has 110 valence electrons. The third kappa shape index (κ3) is 2.97. The molecule has 0 fully saturated rings. The van der Waals surface area contributed by atoms with Gasteiger partial charge in [0.25, 0.3) is 0 Å². The second kappa shape index (κ2) is 6.08. The first kappa shape index (κ1) is 13.8. The summed E-state index contributed by atoms with van der Waals surface area (Å²) in [5, 5.41) is 0. The number of rotatable bonds is 4. The van der Waals surface area contributed by atoms with Gasteiger partial charge in [0.1, 0.15) is 5.75 Å². The number of nitrogen functional groups attached to an aromatic ring is 1. The molecular weight excluding hydrogens is 260 g/mol. The van der Waals surface area contributed by atoms with E-state index in [9.17, 15) is 0 Å². The van der Waals surface area contributed by atoms with Crippen molar-refractivity contribution in [3.63, 3.8) is 0 Å². The summed E-state index contributed by atoms with van der Waals surface area (Å²) in [5.74, 6) is 0.856. The summed E-state index contributed by atoms with van der Waals surface area (Å²) in [6.07, 6.45) is 3.31. The molecule has 3 heteroatoms. The van der Waals surface area contributed by atoms with Gasteiger partial charge in [-0.2, -0.15) is 0 Å². The van der Waals surface area contributed by atoms with Crippen LogP contribution in [0, 0.1) is 0 Å². The van der Waals surface area contributed by atoms with Crippen LogP contribution in [0.4, 0.5) is 17.1 Å². The zero-order chi connectivity index (χ0) is 14.7. The maximum Gasteiger partial charge on any atom is 0.123 e. The molecule has 2 N–H and O–H groups in total. The first-order chi connectivity index (χ1) is 10.3. The molecule has 1 aliphatic rings. The lowest BCUT2D eigenvalue weighted by molar-refractivity contribution is 0.317. The Morgan fingerprint density at radius 1 is 1.19 bits per heavy atom. The van der Waals surface area contributed by atoms with Gasteiger partial charge in [0.05, 0.1) is 6.61 Å². The van der Waals surface area contributed by atoms with Crippen molar-refractivity contribution in [1.82, 2.24) is 0 Å². The summed E-state index contributed by atoms with van der Waals surface area (Å²) < 4.78 is 5.75. The smallest absolute Gasteiger partial charge is 0.123 e. The van der Waals surface area contributed by atoms with Crippen LogP contribution in [0.25, 0.3) is 0 Å². The van der Waals surface area contributed by atoms with E-state index in [2.05, 4.69) is 42.2 Å². The lowest BCUT2D eigenvalue weighted by Gasteiger charge is -2.31. The number of para-hydroxylation sites is 1. The SMILES string of the molecule is CCCOc1cc(N)cc(N2CCCc3ccccc32)c1. The molecular formula is C18H22N2O. The minimum absolute atomic E-state index is 0.722. The molecule has 0 amide bonds. The highest BCUT2D eigenvalue weighted by Crippen LogP contribution is 2.36. The molecule has 2 aromatic carbocycles. The molecule has 1 heterocycles. The number of hydrogen-bond donors (Lipinski definition) is 1. The predicted molar refractivity (Wildman–Crippen MR) is 88.4 cm³/mol. The van der Waals surface area contributed by atoms with E-state index in [1.54, 1.807) is 0 Å². The molecule has 0 atom stereocenters. The molecule has 0 saturated carbocycles. The average Bonchev–Trinajstić information content (AvgIpc) is 2.52. The van der Waals surface area contributed by atoms with Gasteiger partial charge in [0.15, 0.2) is 0 Å². The monoisotopic (exact) mass is 282 g/mol. The molecule has 0 aliphatic carbocycles. The van der Waals surface area contributed by atoms with E-state index in [1.165, 1.54) is 11.3 Å². The van der Waals surface area contributed by atoms with Gasteiger partial charge in [0.2, 0.25) is 0 Å². The number of hydrogen-bond acceptors (Lipinski definition) is 3. The number of anilines is 3. The first-order valence-corrected chi connectivity index (χ1v) is 7.66. The third-order valence-corrected chi connectivity index (χ3v) is 3.81. The molecule has 3 rings (SSSR count). The van der Waals surface area contributed by atoms with Crippen molar-refractivity contribution in [2.45, 2.75) is 26.2 Å². The largest absolute Gasteiger partial charge is 0.493 e. The minimum Gasteiger partial charge on any atom is -0.493 e. The van der Waals surface area contributed by atoms with Gasteiger partial charge in [0, 0.05) is 35.7 Å². The van der Waals surface area contributed by atoms with E-state index in [0.29, 0.717) is 0 Å². The van der Waals surface area contributed by atoms with Gasteiger partial charge >= 0.3 is 0 Å². The molecule has 0 spiro atoms. The Hall–Kier alpha value is -2.16. The number of fused-ring (bicyclic) bond motifs is 1. The maximum atomic E-state index is 6.05. The molecule has 0 saturated heterocycles. The van der Waals surface area contributed by atoms with Crippen LogP contribution in [-0.2, 0) is 6.42 Å². The van der Waals surface area contributed by atoms with Gasteiger partial charge in [-0.1, -0.05) is 25.1 Å². The van der Waals surface area contributed by atoms with Gasteiger partial charge in [-0.15, -0.1) is 0 Å². The van der Waals surface area contributed by atoms with E-state index in [4.69, 9.17) is 10.5 Å². The zero-order valence-electron chi connectivity index (χ0n) is 12.5. The Labute approximate surface area is 126 Å². The van der Waals surface area contributed by atoms with Crippen molar-refractivity contribution in [2.24, 2.45) is 0 Å². The lowest BCUT2D eigenvalue weighted by Crippen LogP contribution is -2.24. The molecule has 0 bridgehead atoms. The van der Waals surface area contributed by atoms with E-state index < -0.39 is 0 Å². The molecule has 0 radical (unpaired) electrons. The van der Waals surface area contributed by atoms with E-state index >= 15 is 0 Å². The number of benzene rings is 2. The number of nitrogens with two attached hydrogens (primary N) is 1. The van der Waals surface area contributed by atoms with Crippen LogP contribution in [0.15, 0.2) is 42.5 Å². The van der Waals surface area contributed by atoms with Crippen molar-refractivity contribution in [3.05, 3.63) is 48.0 Å². The second-order valence-electron chi connectivity index (χ2n) is 5.49. The lowest BCUT2D eigenvalue weighted by atomic mass is 10.0. The van der Waals surface area contributed by atoms with E-state index in [1.807, 2.05) is 12.1 Å². The van der Waals surface area contributed by atoms with E-state index in [-0.39, 0.29) is 0 Å². The molecule has 0 aromatic heterocycles. The first-order valence-electron chi connectivity index (χ1n) is 7.66. The zero-order valence-corrected chi connectivity index (χ0v) is 12.5. The highest BCUT2D eigenvalue weighted by atomic mass is 16.5. The molecule has 21 heavy (non-hydrogen) atoms. The highest BCUT2D eigenvalue weighted by Gasteiger charge is 2.18. The summed E-state index contributed by atoms with van der Waals surface area (Å²) in [4.78, 5) is 2.34. The minimum atomic E-state index is 0.722. The quantitative estimate of drug-likeness (QED) is 0.856. The Morgan fingerprint density at radius 3 is 2.90 bits per heavy atom. The third-order valence-electron chi connectivity index (χ3n) is 3.81. The van der Waals surface area contributed by atoms with Crippen molar-refractivity contribution in [3.8, 4) is 5.75 Å². The molecule has 1 aliphatic heterocycles. The van der Waals surface area contributed by atoms with Crippen LogP contribution in [0.2, 0.25) is 0 Å². The Morgan fingerprint density at radius 2 is 2.05 bits per heavy atom. The Bertz CT molecular complexity index is 624. The summed E-state index contributed by atoms with van der Waals surface area (Å²) >= 11 is 0. The Kier molecular flexibility index (Phi) is 4.00. The van der Waals surface area contributed by atoms with Crippen molar-refractivity contribution in [1.29, 1.82) is 0 Å². The van der Waals surface area contributed by atoms with Gasteiger partial charge in [-0.05, 0) is 37.0 Å². The van der Waals surface area contributed by atoms with Crippen LogP contribution >= 0.6 is 0 Å². The van der Waals surface area contributed by atoms with Crippen LogP contribution < -0.4 is 15.4 Å². The molecule has 2 aromatic rings. The van der Waals surface area contributed by atoms with E-state index in [0.717, 1.165) is 49.5 Å². The summed E-state index contributed by atoms with van der Waals surface area (Å²) in [6, 6.07) is 14.6. The molecule has 0 unspecified atom stereocenters. The average molecular weight is 282 g/mol. The fourth-order valence-electron chi connectivity index (χ4n) is 2.87. The van der Waals surface area contributed by atoms with Crippen LogP contribution in [0.5, 0.6) is 5.75 Å². The van der Waals surface area contributed by atoms with Crippen molar-refractivity contribution in [2.75, 3.05) is 23.8 Å². The second-order valence-corrected chi connectivity index (χ2v) is 5.49. The predicted octanol–water partition coefficient (Wildman–Crippen LogP) is 4.14. The van der Waals surface area contributed by atoms with Gasteiger partial charge in [-0.25, -0.2) is 0 Å². The van der Waals surface area contributed by atoms with Crippen LogP contribution in [0.1, 0.15) is 25.3 Å². The normalized spacial score (nSPS) is 13.9. The standard InChI is InChI=1S/C18H22N2O/c1-2-10-21-17-12-15(19)11-16(13-17)20-9-5-7-14-6-3-4-8-18(14)20/h3-4,6,8,11-13H,2,5,7,9-10,19H2,1H3. The van der Waals surface area contributed by atoms with Crippen molar-refractivity contribution < 1.29 is 4.74 Å². The number of aryl methyl sites for hydroxylation is 1. The Balaban J connectivity index is 1.95. The van der Waals surface area contributed by atoms with Crippen LogP contribution in [-0.4, -0.2) is 13.2 Å². The summed E-state index contributed by atoms with van der Waals surface area (Å²) in [7, 11) is 0. The summed E-state index contributed by atoms with van der Waals surface area (Å²) in [5.41, 5.74) is 10.6. The molecule has 3 nitrogen and oxygen atoms in total. The fraction of sp³-hybridized carbons (Fsp3) is 0.333. The number of ether oxygens (including phenoxy) is 1.